The Morgan fingerprint density at radius 1 is 1.17 bits per heavy atom. The van der Waals surface area contributed by atoms with Crippen LogP contribution < -0.4 is 5.56 Å². The van der Waals surface area contributed by atoms with Gasteiger partial charge in [-0.3, -0.25) is 4.79 Å². The van der Waals surface area contributed by atoms with Gasteiger partial charge in [0.05, 0.1) is 5.56 Å². The molecular weight excluding hydrogens is 302 g/mol. The maximum atomic E-state index is 12.5. The lowest BCUT2D eigenvalue weighted by Gasteiger charge is -2.11. The largest absolute Gasteiger partial charge is 0.478 e. The zero-order valence-corrected chi connectivity index (χ0v) is 13.7. The number of benzene rings is 2. The van der Waals surface area contributed by atoms with Gasteiger partial charge in [0, 0.05) is 22.9 Å². The van der Waals surface area contributed by atoms with E-state index in [1.54, 1.807) is 24.3 Å². The van der Waals surface area contributed by atoms with E-state index >= 15 is 0 Å². The van der Waals surface area contributed by atoms with Gasteiger partial charge in [0.1, 0.15) is 0 Å². The Bertz CT molecular complexity index is 986. The Balaban J connectivity index is 2.14. The van der Waals surface area contributed by atoms with Crippen LogP contribution in [0.5, 0.6) is 0 Å². The summed E-state index contributed by atoms with van der Waals surface area (Å²) in [5, 5.41) is 10.3. The highest BCUT2D eigenvalue weighted by Gasteiger charge is 2.14. The van der Waals surface area contributed by atoms with Crippen LogP contribution in [0.2, 0.25) is 0 Å². The van der Waals surface area contributed by atoms with E-state index in [9.17, 15) is 14.7 Å². The molecule has 0 aliphatic heterocycles. The molecule has 0 spiro atoms. The van der Waals surface area contributed by atoms with Gasteiger partial charge < -0.3 is 10.1 Å². The minimum atomic E-state index is -0.979. The van der Waals surface area contributed by atoms with E-state index in [0.717, 1.165) is 22.9 Å². The molecule has 0 aliphatic carbocycles. The van der Waals surface area contributed by atoms with Crippen molar-refractivity contribution < 1.29 is 9.90 Å². The highest BCUT2D eigenvalue weighted by molar-refractivity contribution is 5.89. The van der Waals surface area contributed by atoms with Gasteiger partial charge in [0.2, 0.25) is 0 Å². The van der Waals surface area contributed by atoms with Gasteiger partial charge in [-0.15, -0.1) is 0 Å². The molecule has 4 heteroatoms. The molecule has 0 bridgehead atoms. The summed E-state index contributed by atoms with van der Waals surface area (Å²) in [6.07, 6.45) is 1.21. The van der Waals surface area contributed by atoms with E-state index in [-0.39, 0.29) is 11.1 Å². The van der Waals surface area contributed by atoms with Gasteiger partial charge in [-0.1, -0.05) is 37.3 Å². The van der Waals surface area contributed by atoms with Crippen LogP contribution >= 0.6 is 0 Å². The zero-order chi connectivity index (χ0) is 17.3. The van der Waals surface area contributed by atoms with Crippen molar-refractivity contribution in [1.29, 1.82) is 0 Å². The molecule has 0 radical (unpaired) electrons. The fourth-order valence-electron chi connectivity index (χ4n) is 3.06. The van der Waals surface area contributed by atoms with Gasteiger partial charge >= 0.3 is 5.97 Å². The first-order chi connectivity index (χ1) is 11.5. The Kier molecular flexibility index (Phi) is 4.21. The molecule has 3 aromatic rings. The van der Waals surface area contributed by atoms with Crippen molar-refractivity contribution in [2.45, 2.75) is 26.7 Å². The number of pyridine rings is 1. The van der Waals surface area contributed by atoms with Crippen molar-refractivity contribution in [3.8, 4) is 0 Å². The maximum Gasteiger partial charge on any atom is 0.335 e. The lowest BCUT2D eigenvalue weighted by atomic mass is 9.95. The molecule has 0 saturated heterocycles. The van der Waals surface area contributed by atoms with Gasteiger partial charge in [0.15, 0.2) is 0 Å². The predicted molar refractivity (Wildman–Crippen MR) is 94.9 cm³/mol. The third kappa shape index (κ3) is 2.83. The average Bonchev–Trinajstić information content (AvgIpc) is 2.58. The van der Waals surface area contributed by atoms with E-state index in [4.69, 9.17) is 0 Å². The number of carbonyl (C=O) groups is 1. The second-order valence-electron chi connectivity index (χ2n) is 5.93. The molecule has 0 aliphatic rings. The molecular formula is C20H19NO3. The molecule has 2 N–H and O–H groups in total. The van der Waals surface area contributed by atoms with Crippen molar-refractivity contribution in [1.82, 2.24) is 4.98 Å². The van der Waals surface area contributed by atoms with E-state index in [0.29, 0.717) is 17.5 Å². The van der Waals surface area contributed by atoms with Crippen molar-refractivity contribution in [2.24, 2.45) is 0 Å². The number of aromatic nitrogens is 1. The summed E-state index contributed by atoms with van der Waals surface area (Å²) < 4.78 is 0. The number of fused-ring (bicyclic) bond motifs is 1. The first-order valence-electron chi connectivity index (χ1n) is 7.97. The third-order valence-electron chi connectivity index (χ3n) is 4.49. The molecule has 122 valence electrons. The number of aromatic amines is 1. The molecule has 2 aromatic carbocycles. The molecule has 4 nitrogen and oxygen atoms in total. The number of hydrogen-bond acceptors (Lipinski definition) is 2. The van der Waals surface area contributed by atoms with Gasteiger partial charge in [0.25, 0.3) is 5.56 Å². The topological polar surface area (TPSA) is 70.2 Å². The van der Waals surface area contributed by atoms with Crippen molar-refractivity contribution in [2.75, 3.05) is 0 Å². The van der Waals surface area contributed by atoms with Crippen LogP contribution in [-0.2, 0) is 12.8 Å². The number of rotatable bonds is 4. The van der Waals surface area contributed by atoms with Gasteiger partial charge in [-0.2, -0.15) is 0 Å². The second-order valence-corrected chi connectivity index (χ2v) is 5.93. The van der Waals surface area contributed by atoms with Gasteiger partial charge in [-0.25, -0.2) is 4.79 Å². The van der Waals surface area contributed by atoms with E-state index < -0.39 is 5.97 Å². The normalized spacial score (nSPS) is 10.9. The zero-order valence-electron chi connectivity index (χ0n) is 13.7. The summed E-state index contributed by atoms with van der Waals surface area (Å²) >= 11 is 0. The fraction of sp³-hybridized carbons (Fsp3) is 0.200. The Morgan fingerprint density at radius 2 is 1.92 bits per heavy atom. The summed E-state index contributed by atoms with van der Waals surface area (Å²) in [4.78, 5) is 26.9. The number of nitrogens with one attached hydrogen (secondary N) is 1. The monoisotopic (exact) mass is 321 g/mol. The molecule has 24 heavy (non-hydrogen) atoms. The molecule has 1 heterocycles. The van der Waals surface area contributed by atoms with Crippen LogP contribution in [0.3, 0.4) is 0 Å². The first-order valence-corrected chi connectivity index (χ1v) is 7.97. The number of H-pyrrole nitrogens is 1. The van der Waals surface area contributed by atoms with E-state index in [2.05, 4.69) is 18.0 Å². The van der Waals surface area contributed by atoms with Crippen molar-refractivity contribution in [3.63, 3.8) is 0 Å². The molecule has 0 atom stereocenters. The molecule has 0 amide bonds. The SMILES string of the molecule is CCc1ccc2c(C)c(Cc3ccccc3C(=O)O)c(=O)[nH]c2c1. The highest BCUT2D eigenvalue weighted by Crippen LogP contribution is 2.22. The predicted octanol–water partition coefficient (Wildman–Crippen LogP) is 3.69. The van der Waals surface area contributed by atoms with Crippen LogP contribution in [0.25, 0.3) is 10.9 Å². The second kappa shape index (κ2) is 6.32. The number of aryl methyl sites for hydroxylation is 2. The average molecular weight is 321 g/mol. The van der Waals surface area contributed by atoms with E-state index in [1.165, 1.54) is 5.56 Å². The quantitative estimate of drug-likeness (QED) is 0.770. The summed E-state index contributed by atoms with van der Waals surface area (Å²) in [6, 6.07) is 12.9. The van der Waals surface area contributed by atoms with Crippen LogP contribution in [0.4, 0.5) is 0 Å². The fourth-order valence-corrected chi connectivity index (χ4v) is 3.06. The number of hydrogen-bond donors (Lipinski definition) is 2. The summed E-state index contributed by atoms with van der Waals surface area (Å²) in [5.41, 5.74) is 4.22. The Morgan fingerprint density at radius 3 is 2.62 bits per heavy atom. The Labute approximate surface area is 139 Å². The number of aromatic carboxylic acids is 1. The minimum absolute atomic E-state index is 0.159. The van der Waals surface area contributed by atoms with E-state index in [1.807, 2.05) is 19.1 Å². The third-order valence-corrected chi connectivity index (χ3v) is 4.49. The lowest BCUT2D eigenvalue weighted by molar-refractivity contribution is 0.0696. The summed E-state index contributed by atoms with van der Waals surface area (Å²) in [5.74, 6) is -0.979. The van der Waals surface area contributed by atoms with Crippen LogP contribution in [-0.4, -0.2) is 16.1 Å². The smallest absolute Gasteiger partial charge is 0.335 e. The molecule has 0 fully saturated rings. The summed E-state index contributed by atoms with van der Waals surface area (Å²) in [6.45, 7) is 3.99. The minimum Gasteiger partial charge on any atom is -0.478 e. The Hall–Kier alpha value is -2.88. The summed E-state index contributed by atoms with van der Waals surface area (Å²) in [7, 11) is 0. The first kappa shape index (κ1) is 16.0. The van der Waals surface area contributed by atoms with Crippen LogP contribution in [0.15, 0.2) is 47.3 Å². The van der Waals surface area contributed by atoms with Crippen molar-refractivity contribution >= 4 is 16.9 Å². The lowest BCUT2D eigenvalue weighted by Crippen LogP contribution is -2.16. The molecule has 0 saturated carbocycles. The number of carboxylic acid groups (broad SMARTS) is 1. The molecule has 3 rings (SSSR count). The van der Waals surface area contributed by atoms with Crippen LogP contribution in [0, 0.1) is 6.92 Å². The van der Waals surface area contributed by atoms with Crippen molar-refractivity contribution in [3.05, 3.63) is 80.6 Å². The van der Waals surface area contributed by atoms with Gasteiger partial charge in [-0.05, 0) is 42.2 Å². The van der Waals surface area contributed by atoms with Crippen LogP contribution in [0.1, 0.15) is 39.5 Å². The molecule has 0 unspecified atom stereocenters. The highest BCUT2D eigenvalue weighted by atomic mass is 16.4. The maximum absolute atomic E-state index is 12.5. The standard InChI is InChI=1S/C20H19NO3/c1-3-13-8-9-15-12(2)17(19(22)21-18(15)10-13)11-14-6-4-5-7-16(14)20(23)24/h4-10H,3,11H2,1-2H3,(H,21,22)(H,23,24). The molecule has 1 aromatic heterocycles. The number of carboxylic acids is 1.